The van der Waals surface area contributed by atoms with Crippen molar-refractivity contribution in [2.24, 2.45) is 0 Å². The van der Waals surface area contributed by atoms with Gasteiger partial charge in [-0.1, -0.05) is 60.7 Å². The van der Waals surface area contributed by atoms with E-state index in [-0.39, 0.29) is 0 Å². The fraction of sp³-hybridized carbons (Fsp3) is 0. The molecule has 0 aliphatic heterocycles. The van der Waals surface area contributed by atoms with Crippen molar-refractivity contribution >= 4 is 53.7 Å². The van der Waals surface area contributed by atoms with Gasteiger partial charge in [-0.2, -0.15) is 0 Å². The van der Waals surface area contributed by atoms with E-state index in [0.29, 0.717) is 0 Å². The van der Waals surface area contributed by atoms with E-state index in [1.54, 1.807) is 0 Å². The first-order valence-electron chi connectivity index (χ1n) is 8.05. The van der Waals surface area contributed by atoms with E-state index in [1.165, 1.54) is 36.6 Å². The van der Waals surface area contributed by atoms with Crippen LogP contribution in [0.25, 0.3) is 30.9 Å². The first-order chi connectivity index (χ1) is 11.9. The van der Waals surface area contributed by atoms with E-state index in [1.807, 2.05) is 11.3 Å². The van der Waals surface area contributed by atoms with E-state index >= 15 is 0 Å². The van der Waals surface area contributed by atoms with Crippen LogP contribution in [0, 0.1) is 0 Å². The summed E-state index contributed by atoms with van der Waals surface area (Å²) in [5, 5.41) is 8.81. The van der Waals surface area contributed by atoms with Gasteiger partial charge in [0.1, 0.15) is 0 Å². The summed E-state index contributed by atoms with van der Waals surface area (Å²) in [6.07, 6.45) is 0. The molecule has 0 atom stereocenters. The highest BCUT2D eigenvalue weighted by Crippen LogP contribution is 2.39. The molecule has 2 heteroatoms. The highest BCUT2D eigenvalue weighted by atomic mass is 32.1. The van der Waals surface area contributed by atoms with Gasteiger partial charge in [-0.05, 0) is 29.7 Å². The van der Waals surface area contributed by atoms with Crippen molar-refractivity contribution in [3.8, 4) is 0 Å². The highest BCUT2D eigenvalue weighted by molar-refractivity contribution is 7.25. The second kappa shape index (κ2) is 5.36. The summed E-state index contributed by atoms with van der Waals surface area (Å²) in [4.78, 5) is 0. The van der Waals surface area contributed by atoms with Crippen LogP contribution in [0.5, 0.6) is 0 Å². The Hall–Kier alpha value is -2.84. The molecule has 114 valence electrons. The molecular formula is C22H15NS. The first kappa shape index (κ1) is 13.6. The fourth-order valence-electron chi connectivity index (χ4n) is 3.36. The van der Waals surface area contributed by atoms with E-state index < -0.39 is 0 Å². The van der Waals surface area contributed by atoms with Crippen molar-refractivity contribution in [3.05, 3.63) is 84.9 Å². The average Bonchev–Trinajstić information content (AvgIpc) is 3.02. The van der Waals surface area contributed by atoms with Crippen molar-refractivity contribution in [3.63, 3.8) is 0 Å². The monoisotopic (exact) mass is 325 g/mol. The van der Waals surface area contributed by atoms with Gasteiger partial charge in [0, 0.05) is 36.9 Å². The molecule has 0 saturated heterocycles. The van der Waals surface area contributed by atoms with Gasteiger partial charge in [0.25, 0.3) is 0 Å². The summed E-state index contributed by atoms with van der Waals surface area (Å²) < 4.78 is 2.65. The van der Waals surface area contributed by atoms with Crippen molar-refractivity contribution < 1.29 is 0 Å². The zero-order chi connectivity index (χ0) is 15.9. The lowest BCUT2D eigenvalue weighted by molar-refractivity contribution is 1.62. The minimum Gasteiger partial charge on any atom is -0.354 e. The number of hydrogen-bond acceptors (Lipinski definition) is 2. The summed E-state index contributed by atoms with van der Waals surface area (Å²) >= 11 is 1.85. The van der Waals surface area contributed by atoms with Crippen molar-refractivity contribution in [1.29, 1.82) is 0 Å². The predicted octanol–water partition coefficient (Wildman–Crippen LogP) is 6.95. The number of anilines is 2. The smallest absolute Gasteiger partial charge is 0.0478 e. The zero-order valence-corrected chi connectivity index (χ0v) is 13.8. The van der Waals surface area contributed by atoms with Crippen LogP contribution in [0.2, 0.25) is 0 Å². The Labute approximate surface area is 144 Å². The molecule has 0 aliphatic carbocycles. The maximum absolute atomic E-state index is 3.67. The molecule has 1 N–H and O–H groups in total. The Kier molecular flexibility index (Phi) is 3.03. The maximum Gasteiger partial charge on any atom is 0.0478 e. The summed E-state index contributed by atoms with van der Waals surface area (Å²) in [5.41, 5.74) is 2.32. The van der Waals surface area contributed by atoms with Gasteiger partial charge in [0.2, 0.25) is 0 Å². The summed E-state index contributed by atoms with van der Waals surface area (Å²) in [7, 11) is 0. The topological polar surface area (TPSA) is 12.0 Å². The summed E-state index contributed by atoms with van der Waals surface area (Å²) in [6.45, 7) is 0. The summed E-state index contributed by atoms with van der Waals surface area (Å²) in [5.74, 6) is 0. The van der Waals surface area contributed by atoms with Crippen LogP contribution in [0.4, 0.5) is 11.4 Å². The van der Waals surface area contributed by atoms with Crippen LogP contribution >= 0.6 is 11.3 Å². The van der Waals surface area contributed by atoms with Crippen molar-refractivity contribution in [2.45, 2.75) is 0 Å². The number of benzene rings is 4. The number of nitrogens with one attached hydrogen (secondary N) is 1. The Morgan fingerprint density at radius 1 is 0.542 bits per heavy atom. The lowest BCUT2D eigenvalue weighted by atomic mass is 10.1. The van der Waals surface area contributed by atoms with Crippen LogP contribution < -0.4 is 5.32 Å². The van der Waals surface area contributed by atoms with Crippen molar-refractivity contribution in [2.75, 3.05) is 5.32 Å². The van der Waals surface area contributed by atoms with Gasteiger partial charge < -0.3 is 5.32 Å². The van der Waals surface area contributed by atoms with Crippen LogP contribution in [0.15, 0.2) is 84.9 Å². The highest BCUT2D eigenvalue weighted by Gasteiger charge is 2.10. The molecule has 1 nitrogen and oxygen atoms in total. The Morgan fingerprint density at radius 2 is 1.21 bits per heavy atom. The molecule has 0 bridgehead atoms. The Balaban J connectivity index is 1.74. The molecule has 1 aromatic heterocycles. The molecule has 0 spiro atoms. The number of hydrogen-bond donors (Lipinski definition) is 1. The molecule has 0 aliphatic rings. The molecule has 5 aromatic rings. The molecular weight excluding hydrogens is 310 g/mol. The maximum atomic E-state index is 3.67. The van der Waals surface area contributed by atoms with E-state index in [4.69, 9.17) is 0 Å². The zero-order valence-electron chi connectivity index (χ0n) is 13.0. The minimum atomic E-state index is 1.15. The number of thiophene rings is 1. The standard InChI is InChI=1S/C22H15NS/c1-2-9-16-15(7-1)8-5-11-18(16)23-19-12-6-14-21-22(19)17-10-3-4-13-20(17)24-21/h1-14,23H. The number of rotatable bonds is 2. The lowest BCUT2D eigenvalue weighted by Crippen LogP contribution is -1.91. The third-order valence-electron chi connectivity index (χ3n) is 4.46. The third kappa shape index (κ3) is 2.08. The largest absolute Gasteiger partial charge is 0.354 e. The average molecular weight is 325 g/mol. The van der Waals surface area contributed by atoms with Crippen LogP contribution in [0.1, 0.15) is 0 Å². The second-order valence-corrected chi connectivity index (χ2v) is 7.01. The molecule has 0 radical (unpaired) electrons. The fourth-order valence-corrected chi connectivity index (χ4v) is 4.49. The van der Waals surface area contributed by atoms with Gasteiger partial charge in [0.05, 0.1) is 0 Å². The Bertz CT molecular complexity index is 1180. The SMILES string of the molecule is c1ccc2c(Nc3cccc4sc5ccccc5c34)cccc2c1. The molecule has 24 heavy (non-hydrogen) atoms. The molecule has 0 amide bonds. The van der Waals surface area contributed by atoms with Gasteiger partial charge in [-0.3, -0.25) is 0 Å². The normalized spacial score (nSPS) is 11.3. The number of fused-ring (bicyclic) bond motifs is 4. The molecule has 1 heterocycles. The Morgan fingerprint density at radius 3 is 2.17 bits per heavy atom. The van der Waals surface area contributed by atoms with Crippen LogP contribution in [0.3, 0.4) is 0 Å². The van der Waals surface area contributed by atoms with Crippen LogP contribution in [-0.4, -0.2) is 0 Å². The van der Waals surface area contributed by atoms with Gasteiger partial charge in [-0.25, -0.2) is 0 Å². The van der Waals surface area contributed by atoms with Gasteiger partial charge in [0.15, 0.2) is 0 Å². The quantitative estimate of drug-likeness (QED) is 0.370. The van der Waals surface area contributed by atoms with E-state index in [2.05, 4.69) is 90.2 Å². The van der Waals surface area contributed by atoms with E-state index in [9.17, 15) is 0 Å². The molecule has 0 unspecified atom stereocenters. The molecule has 4 aromatic carbocycles. The minimum absolute atomic E-state index is 1.15. The van der Waals surface area contributed by atoms with Crippen molar-refractivity contribution in [1.82, 2.24) is 0 Å². The predicted molar refractivity (Wildman–Crippen MR) is 107 cm³/mol. The lowest BCUT2D eigenvalue weighted by Gasteiger charge is -2.11. The second-order valence-electron chi connectivity index (χ2n) is 5.93. The summed E-state index contributed by atoms with van der Waals surface area (Å²) in [6, 6.07) is 30.0. The first-order valence-corrected chi connectivity index (χ1v) is 8.87. The van der Waals surface area contributed by atoms with E-state index in [0.717, 1.165) is 5.69 Å². The van der Waals surface area contributed by atoms with Gasteiger partial charge >= 0.3 is 0 Å². The molecule has 0 fully saturated rings. The molecule has 0 saturated carbocycles. The van der Waals surface area contributed by atoms with Crippen LogP contribution in [-0.2, 0) is 0 Å². The molecule has 5 rings (SSSR count). The van der Waals surface area contributed by atoms with Gasteiger partial charge in [-0.15, -0.1) is 11.3 Å². The third-order valence-corrected chi connectivity index (χ3v) is 5.60.